The van der Waals surface area contributed by atoms with Crippen LogP contribution >= 0.6 is 0 Å². The van der Waals surface area contributed by atoms with Gasteiger partial charge in [0.15, 0.2) is 5.78 Å². The van der Waals surface area contributed by atoms with Gasteiger partial charge in [0.2, 0.25) is 0 Å². The number of hydrogen-bond donors (Lipinski definition) is 3. The fourth-order valence-corrected chi connectivity index (χ4v) is 4.47. The summed E-state index contributed by atoms with van der Waals surface area (Å²) in [6, 6.07) is 22.1. The number of likely N-dealkylation sites (N-methyl/N-ethyl adjacent to an activating group) is 1. The highest BCUT2D eigenvalue weighted by Gasteiger charge is 2.19. The minimum absolute atomic E-state index is 0.0486. The zero-order valence-electron chi connectivity index (χ0n) is 18.8. The maximum atomic E-state index is 12.6. The fourth-order valence-electron chi connectivity index (χ4n) is 3.41. The number of benzene rings is 3. The molecule has 0 unspecified atom stereocenters. The number of Topliss-reactive ketones (excluding diaryl/α,β-unsaturated/α-hetero) is 1. The van der Waals surface area contributed by atoms with E-state index in [9.17, 15) is 18.0 Å². The van der Waals surface area contributed by atoms with Crippen LogP contribution in [-0.2, 0) is 10.0 Å². The zero-order valence-corrected chi connectivity index (χ0v) is 19.6. The standard InChI is InChI=1S/C25H27N3O4S/c1-18(29)19-11-15-23(16-12-19)33(31,32)27-22-13-9-21(10-14-22)25(30)26-17-24(28(2)3)20-7-5-4-6-8-20/h4-16,24,27H,17H2,1-3H3,(H,26,30)/p+1/t24-/m1/s1. The molecule has 0 fully saturated rings. The lowest BCUT2D eigenvalue weighted by atomic mass is 10.1. The Hall–Kier alpha value is -3.49. The number of carbonyl (C=O) groups is 2. The maximum Gasteiger partial charge on any atom is 0.261 e. The number of amides is 1. The predicted molar refractivity (Wildman–Crippen MR) is 128 cm³/mol. The number of hydrogen-bond acceptors (Lipinski definition) is 4. The minimum atomic E-state index is -3.82. The average Bonchev–Trinajstić information content (AvgIpc) is 2.80. The first-order valence-electron chi connectivity index (χ1n) is 10.5. The van der Waals surface area contributed by atoms with Crippen LogP contribution < -0.4 is 14.9 Å². The van der Waals surface area contributed by atoms with Gasteiger partial charge >= 0.3 is 0 Å². The van der Waals surface area contributed by atoms with Gasteiger partial charge in [-0.3, -0.25) is 14.3 Å². The Bertz CT molecular complexity index is 1210. The second kappa shape index (κ2) is 10.4. The molecule has 0 aliphatic heterocycles. The highest BCUT2D eigenvalue weighted by atomic mass is 32.2. The maximum absolute atomic E-state index is 12.6. The highest BCUT2D eigenvalue weighted by Crippen LogP contribution is 2.18. The van der Waals surface area contributed by atoms with Crippen molar-refractivity contribution in [3.63, 3.8) is 0 Å². The van der Waals surface area contributed by atoms with Crippen molar-refractivity contribution in [2.45, 2.75) is 17.9 Å². The van der Waals surface area contributed by atoms with Crippen LogP contribution in [0, 0.1) is 0 Å². The molecule has 0 aliphatic rings. The van der Waals surface area contributed by atoms with Crippen molar-refractivity contribution in [1.82, 2.24) is 5.32 Å². The number of rotatable bonds is 9. The van der Waals surface area contributed by atoms with E-state index in [1.54, 1.807) is 24.3 Å². The van der Waals surface area contributed by atoms with Gasteiger partial charge in [-0.15, -0.1) is 0 Å². The zero-order chi connectivity index (χ0) is 24.0. The molecule has 0 saturated carbocycles. The number of anilines is 1. The lowest BCUT2D eigenvalue weighted by Crippen LogP contribution is -3.07. The molecule has 3 rings (SSSR count). The molecular weight excluding hydrogens is 438 g/mol. The van der Waals surface area contributed by atoms with Crippen molar-refractivity contribution in [2.75, 3.05) is 25.4 Å². The monoisotopic (exact) mass is 466 g/mol. The van der Waals surface area contributed by atoms with E-state index in [2.05, 4.69) is 10.0 Å². The number of quaternary nitrogens is 1. The van der Waals surface area contributed by atoms with Crippen LogP contribution in [0.4, 0.5) is 5.69 Å². The Morgan fingerprint density at radius 2 is 1.42 bits per heavy atom. The largest absolute Gasteiger partial charge is 0.346 e. The Morgan fingerprint density at radius 3 is 1.97 bits per heavy atom. The van der Waals surface area contributed by atoms with E-state index in [1.165, 1.54) is 36.1 Å². The van der Waals surface area contributed by atoms with Gasteiger partial charge < -0.3 is 10.2 Å². The number of nitrogens with one attached hydrogen (secondary N) is 3. The Kier molecular flexibility index (Phi) is 7.63. The molecule has 0 spiro atoms. The molecule has 0 saturated heterocycles. The van der Waals surface area contributed by atoms with E-state index < -0.39 is 10.0 Å². The van der Waals surface area contributed by atoms with Gasteiger partial charge in [-0.2, -0.15) is 0 Å². The molecule has 0 bridgehead atoms. The van der Waals surface area contributed by atoms with Crippen LogP contribution in [0.2, 0.25) is 0 Å². The van der Waals surface area contributed by atoms with Crippen LogP contribution in [0.5, 0.6) is 0 Å². The molecule has 7 nitrogen and oxygen atoms in total. The van der Waals surface area contributed by atoms with E-state index in [0.29, 0.717) is 23.4 Å². The topological polar surface area (TPSA) is 96.8 Å². The van der Waals surface area contributed by atoms with E-state index >= 15 is 0 Å². The molecule has 3 N–H and O–H groups in total. The summed E-state index contributed by atoms with van der Waals surface area (Å²) in [6.07, 6.45) is 0. The van der Waals surface area contributed by atoms with Crippen molar-refractivity contribution in [1.29, 1.82) is 0 Å². The van der Waals surface area contributed by atoms with Gasteiger partial charge in [0.1, 0.15) is 6.04 Å². The van der Waals surface area contributed by atoms with Crippen LogP contribution in [0.1, 0.15) is 39.2 Å². The Labute approximate surface area is 194 Å². The molecule has 0 heterocycles. The van der Waals surface area contributed by atoms with Gasteiger partial charge in [0.05, 0.1) is 25.5 Å². The van der Waals surface area contributed by atoms with Gasteiger partial charge in [-0.05, 0) is 43.3 Å². The van der Waals surface area contributed by atoms with Crippen LogP contribution in [0.3, 0.4) is 0 Å². The molecule has 8 heteroatoms. The highest BCUT2D eigenvalue weighted by molar-refractivity contribution is 7.92. The van der Waals surface area contributed by atoms with E-state index in [1.807, 2.05) is 44.4 Å². The molecule has 3 aromatic rings. The molecule has 0 aliphatic carbocycles. The second-order valence-corrected chi connectivity index (χ2v) is 9.70. The first-order chi connectivity index (χ1) is 15.7. The van der Waals surface area contributed by atoms with Crippen molar-refractivity contribution in [3.05, 3.63) is 95.6 Å². The smallest absolute Gasteiger partial charge is 0.261 e. The van der Waals surface area contributed by atoms with E-state index in [-0.39, 0.29) is 22.6 Å². The van der Waals surface area contributed by atoms with Crippen molar-refractivity contribution >= 4 is 27.4 Å². The quantitative estimate of drug-likeness (QED) is 0.422. The lowest BCUT2D eigenvalue weighted by Gasteiger charge is -2.22. The van der Waals surface area contributed by atoms with Gasteiger partial charge in [-0.25, -0.2) is 8.42 Å². The number of sulfonamides is 1. The summed E-state index contributed by atoms with van der Waals surface area (Å²) in [5, 5.41) is 2.96. The Balaban J connectivity index is 1.64. The number of carbonyl (C=O) groups excluding carboxylic acids is 2. The van der Waals surface area contributed by atoms with Crippen LogP contribution in [-0.4, -0.2) is 40.7 Å². The van der Waals surface area contributed by atoms with Crippen LogP contribution in [0.15, 0.2) is 83.8 Å². The van der Waals surface area contributed by atoms with Crippen LogP contribution in [0.25, 0.3) is 0 Å². The summed E-state index contributed by atoms with van der Waals surface area (Å²) >= 11 is 0. The Morgan fingerprint density at radius 1 is 0.848 bits per heavy atom. The summed E-state index contributed by atoms with van der Waals surface area (Å²) in [5.41, 5.74) is 2.35. The lowest BCUT2D eigenvalue weighted by molar-refractivity contribution is -0.890. The van der Waals surface area contributed by atoms with Crippen molar-refractivity contribution < 1.29 is 22.9 Å². The molecule has 3 aromatic carbocycles. The average molecular weight is 467 g/mol. The van der Waals surface area contributed by atoms with Gasteiger partial charge in [-0.1, -0.05) is 42.5 Å². The van der Waals surface area contributed by atoms with Crippen molar-refractivity contribution in [2.24, 2.45) is 0 Å². The van der Waals surface area contributed by atoms with E-state index in [4.69, 9.17) is 0 Å². The number of ketones is 1. The minimum Gasteiger partial charge on any atom is -0.346 e. The molecular formula is C25H28N3O4S+. The van der Waals surface area contributed by atoms with Gasteiger partial charge in [0, 0.05) is 22.4 Å². The van der Waals surface area contributed by atoms with Gasteiger partial charge in [0.25, 0.3) is 15.9 Å². The summed E-state index contributed by atoms with van der Waals surface area (Å²) in [7, 11) is 0.265. The molecule has 0 radical (unpaired) electrons. The normalized spacial score (nSPS) is 12.2. The first-order valence-corrected chi connectivity index (χ1v) is 12.0. The fraction of sp³-hybridized carbons (Fsp3) is 0.200. The summed E-state index contributed by atoms with van der Waals surface area (Å²) < 4.78 is 27.7. The second-order valence-electron chi connectivity index (χ2n) is 8.01. The molecule has 1 atom stereocenters. The molecule has 33 heavy (non-hydrogen) atoms. The molecule has 172 valence electrons. The van der Waals surface area contributed by atoms with E-state index in [0.717, 1.165) is 5.56 Å². The van der Waals surface area contributed by atoms with Crippen molar-refractivity contribution in [3.8, 4) is 0 Å². The summed E-state index contributed by atoms with van der Waals surface area (Å²) in [4.78, 5) is 25.2. The molecule has 0 aromatic heterocycles. The third-order valence-corrected chi connectivity index (χ3v) is 6.73. The third-order valence-electron chi connectivity index (χ3n) is 5.34. The predicted octanol–water partition coefficient (Wildman–Crippen LogP) is 2.31. The third kappa shape index (κ3) is 6.27. The summed E-state index contributed by atoms with van der Waals surface area (Å²) in [6.45, 7) is 1.89. The summed E-state index contributed by atoms with van der Waals surface area (Å²) in [5.74, 6) is -0.366. The SMILES string of the molecule is CC(=O)c1ccc(S(=O)(=O)Nc2ccc(C(=O)NC[C@H](c3ccccc3)[NH+](C)C)cc2)cc1. The first kappa shape index (κ1) is 24.2. The molecule has 1 amide bonds.